The number of hydrogen-bond donors (Lipinski definition) is 4. The molecule has 4 aromatic heterocycles. The molecule has 8 aromatic rings. The average molecular weight is 1190 g/mol. The summed E-state index contributed by atoms with van der Waals surface area (Å²) in [7, 11) is -1.54. The molecule has 22 heteroatoms. The molecule has 6 atom stereocenters. The molecule has 2 saturated heterocycles. The van der Waals surface area contributed by atoms with E-state index in [0.717, 1.165) is 37.3 Å². The predicted molar refractivity (Wildman–Crippen MR) is 306 cm³/mol. The first kappa shape index (κ1) is 54.9. The van der Waals surface area contributed by atoms with Crippen LogP contribution in [-0.4, -0.2) is 110 Å². The Morgan fingerprint density at radius 3 is 1.51 bits per heavy atom. The molecule has 4 aromatic carbocycles. The van der Waals surface area contributed by atoms with E-state index in [0.29, 0.717) is 59.2 Å². The van der Waals surface area contributed by atoms with Crippen LogP contribution in [0.15, 0.2) is 136 Å². The van der Waals surface area contributed by atoms with Gasteiger partial charge in [0.15, 0.2) is 0 Å². The number of carbonyl (C=O) groups is 4. The van der Waals surface area contributed by atoms with Crippen molar-refractivity contribution in [2.75, 3.05) is 36.8 Å². The summed E-state index contributed by atoms with van der Waals surface area (Å²) >= 11 is 9.63. The predicted octanol–water partition coefficient (Wildman–Crippen LogP) is 10.0. The first-order valence-corrected chi connectivity index (χ1v) is 29.4. The SMILES string of the molecule is C[C@]1(C(=O)Nc2nncs2)Cc2sc(-c3ccc(C(=O)N4CC[C@@H](F)C4)cc3)cc2[C@H]1c1ccccc1.C[C@]1(C(=O)Nc2nncs2)Cc2sc(Br)cc2[C@H]1c1ccccc1.O=C(c1ccc(B(O)O)cc1)N1CC[C@@H](F)C1. The summed E-state index contributed by atoms with van der Waals surface area (Å²) in [5.41, 5.74) is 9.02. The van der Waals surface area contributed by atoms with E-state index in [4.69, 9.17) is 10.0 Å². The quantitative estimate of drug-likeness (QED) is 0.0959. The monoisotopic (exact) mass is 1190 g/mol. The number of amides is 4. The van der Waals surface area contributed by atoms with Gasteiger partial charge in [0.1, 0.15) is 23.4 Å². The molecule has 78 heavy (non-hydrogen) atoms. The number of halogens is 3. The number of anilines is 2. The number of likely N-dealkylation sites (tertiary alicyclic amines) is 2. The minimum absolute atomic E-state index is 0.00683. The Hall–Kier alpha value is -6.40. The average Bonchev–Trinajstić information content (AvgIpc) is 4.52. The molecule has 2 aliphatic carbocycles. The zero-order valence-electron chi connectivity index (χ0n) is 42.2. The van der Waals surface area contributed by atoms with Crippen molar-refractivity contribution in [3.63, 3.8) is 0 Å². The molecule has 0 spiro atoms. The lowest BCUT2D eigenvalue weighted by Crippen LogP contribution is -2.37. The van der Waals surface area contributed by atoms with Gasteiger partial charge in [-0.25, -0.2) is 8.78 Å². The Labute approximate surface area is 473 Å². The Kier molecular flexibility index (Phi) is 16.6. The molecule has 0 radical (unpaired) electrons. The van der Waals surface area contributed by atoms with Crippen molar-refractivity contribution >= 4 is 108 Å². The van der Waals surface area contributed by atoms with Crippen LogP contribution in [0.3, 0.4) is 0 Å². The number of hydrogen-bond acceptors (Lipinski definition) is 14. The summed E-state index contributed by atoms with van der Waals surface area (Å²) < 4.78 is 27.6. The fourth-order valence-electron chi connectivity index (χ4n) is 10.8. The zero-order valence-corrected chi connectivity index (χ0v) is 47.1. The molecule has 6 heterocycles. The Morgan fingerprint density at radius 1 is 0.641 bits per heavy atom. The summed E-state index contributed by atoms with van der Waals surface area (Å²) in [6, 6.07) is 38.3. The number of benzene rings is 4. The number of carbonyl (C=O) groups excluding carboxylic acids is 4. The van der Waals surface area contributed by atoms with Gasteiger partial charge in [-0.3, -0.25) is 19.2 Å². The Morgan fingerprint density at radius 2 is 1.09 bits per heavy atom. The number of nitrogens with one attached hydrogen (secondary N) is 2. The van der Waals surface area contributed by atoms with Gasteiger partial charge in [0.05, 0.1) is 27.7 Å². The maximum Gasteiger partial charge on any atom is 0.488 e. The third-order valence-corrected chi connectivity index (χ3v) is 18.8. The number of fused-ring (bicyclic) bond motifs is 2. The van der Waals surface area contributed by atoms with Crippen molar-refractivity contribution in [3.05, 3.63) is 179 Å². The molecule has 14 nitrogen and oxygen atoms in total. The Bertz CT molecular complexity index is 3400. The van der Waals surface area contributed by atoms with Crippen molar-refractivity contribution in [3.8, 4) is 10.4 Å². The van der Waals surface area contributed by atoms with Crippen molar-refractivity contribution in [2.45, 2.75) is 63.7 Å². The second kappa shape index (κ2) is 23.5. The molecular formula is C56H52BBrF2N8O6S4. The van der Waals surface area contributed by atoms with Crippen molar-refractivity contribution in [2.24, 2.45) is 10.8 Å². The number of aromatic nitrogens is 4. The van der Waals surface area contributed by atoms with Crippen LogP contribution in [0.25, 0.3) is 10.4 Å². The van der Waals surface area contributed by atoms with Crippen LogP contribution in [0.5, 0.6) is 0 Å². The van der Waals surface area contributed by atoms with Crippen LogP contribution in [0.4, 0.5) is 19.0 Å². The largest absolute Gasteiger partial charge is 0.488 e. The molecule has 4 N–H and O–H groups in total. The first-order valence-electron chi connectivity index (χ1n) is 25.2. The molecular weight excluding hydrogens is 1140 g/mol. The lowest BCUT2D eigenvalue weighted by atomic mass is 9.73. The van der Waals surface area contributed by atoms with E-state index in [9.17, 15) is 28.0 Å². The highest BCUT2D eigenvalue weighted by Crippen LogP contribution is 2.56. The lowest BCUT2D eigenvalue weighted by Gasteiger charge is -2.31. The van der Waals surface area contributed by atoms with Gasteiger partial charge in [0, 0.05) is 50.7 Å². The summed E-state index contributed by atoms with van der Waals surface area (Å²) in [6.45, 7) is 5.28. The standard InChI is InChI=1S/C28H25FN4O2S2.C17H14BrN3OS2.C11H13BFNO3/c1-28(26(35)31-27-32-30-16-36-27)14-23-21(24(28)18-5-3-2-4-6-18)13-22(37-23)17-7-9-19(10-8-17)25(34)33-12-11-20(29)15-33;1-17(15(22)20-16-21-19-9-23-16)8-12-11(7-13(18)24-12)14(17)10-5-3-2-4-6-10;13-10-5-6-14(7-10)11(15)8-1-3-9(4-2-8)12(16)17/h2-10,13,16,20,24H,11-12,14-15H2,1H3,(H,31,32,35);2-7,9,14H,8H2,1H3,(H,20,21,22);1-4,10,16-17H,5-7H2/t20-,24-,28+;14-,17+;10-/m111/s1. The van der Waals surface area contributed by atoms with Gasteiger partial charge < -0.3 is 30.5 Å². The molecule has 2 fully saturated rings. The van der Waals surface area contributed by atoms with Gasteiger partial charge in [0.2, 0.25) is 22.1 Å². The van der Waals surface area contributed by atoms with Gasteiger partial charge in [0.25, 0.3) is 11.8 Å². The normalized spacial score (nSPS) is 21.9. The topological polar surface area (TPSA) is 191 Å². The van der Waals surface area contributed by atoms with Crippen molar-refractivity contribution in [1.29, 1.82) is 0 Å². The van der Waals surface area contributed by atoms with E-state index in [1.807, 2.05) is 74.5 Å². The maximum absolute atomic E-state index is 13.5. The molecule has 0 bridgehead atoms. The molecule has 4 amide bonds. The molecule has 0 saturated carbocycles. The molecule has 2 aliphatic heterocycles. The fraction of sp³-hybridized carbons (Fsp3) is 0.286. The summed E-state index contributed by atoms with van der Waals surface area (Å²) in [4.78, 5) is 57.9. The number of rotatable bonds is 10. The fourth-order valence-corrected chi connectivity index (χ4v) is 15.0. The second-order valence-electron chi connectivity index (χ2n) is 20.0. The zero-order chi connectivity index (χ0) is 54.7. The van der Waals surface area contributed by atoms with Crippen LogP contribution in [0.1, 0.15) is 91.2 Å². The molecule has 0 unspecified atom stereocenters. The highest BCUT2D eigenvalue weighted by atomic mass is 79.9. The van der Waals surface area contributed by atoms with Crippen LogP contribution < -0.4 is 16.1 Å². The van der Waals surface area contributed by atoms with E-state index in [2.05, 4.69) is 83.4 Å². The highest BCUT2D eigenvalue weighted by molar-refractivity contribution is 9.11. The van der Waals surface area contributed by atoms with Gasteiger partial charge in [-0.1, -0.05) is 108 Å². The van der Waals surface area contributed by atoms with Crippen LogP contribution in [0.2, 0.25) is 0 Å². The van der Waals surface area contributed by atoms with Gasteiger partial charge in [-0.05, 0) is 125 Å². The number of nitrogens with zero attached hydrogens (tertiary/aromatic N) is 6. The minimum atomic E-state index is -1.54. The van der Waals surface area contributed by atoms with E-state index >= 15 is 0 Å². The van der Waals surface area contributed by atoms with Crippen LogP contribution in [-0.2, 0) is 22.4 Å². The molecule has 400 valence electrons. The van der Waals surface area contributed by atoms with Crippen molar-refractivity contribution < 1.29 is 38.0 Å². The summed E-state index contributed by atoms with van der Waals surface area (Å²) in [6.07, 6.45) is 0.276. The van der Waals surface area contributed by atoms with Gasteiger partial charge in [-0.2, -0.15) is 0 Å². The summed E-state index contributed by atoms with van der Waals surface area (Å²) in [5, 5.41) is 40.3. The van der Waals surface area contributed by atoms with E-state index in [1.54, 1.807) is 38.6 Å². The van der Waals surface area contributed by atoms with E-state index in [1.165, 1.54) is 67.2 Å². The maximum atomic E-state index is 13.5. The molecule has 4 aliphatic rings. The number of alkyl halides is 2. The summed E-state index contributed by atoms with van der Waals surface area (Å²) in [5.74, 6) is -0.489. The highest BCUT2D eigenvalue weighted by Gasteiger charge is 2.51. The second-order valence-corrected chi connectivity index (χ2v) is 25.4. The molecule has 12 rings (SSSR count). The smallest absolute Gasteiger partial charge is 0.423 e. The van der Waals surface area contributed by atoms with E-state index in [-0.39, 0.29) is 48.6 Å². The first-order chi connectivity index (χ1) is 37.6. The Balaban J connectivity index is 0.000000144. The van der Waals surface area contributed by atoms with Crippen LogP contribution in [0, 0.1) is 10.8 Å². The van der Waals surface area contributed by atoms with Gasteiger partial charge in [-0.15, -0.1) is 43.1 Å². The van der Waals surface area contributed by atoms with Crippen LogP contribution >= 0.6 is 61.3 Å². The number of thiophene rings is 2. The third kappa shape index (κ3) is 11.7. The van der Waals surface area contributed by atoms with Crippen molar-refractivity contribution in [1.82, 2.24) is 30.2 Å². The third-order valence-electron chi connectivity index (χ3n) is 14.8. The van der Waals surface area contributed by atoms with Gasteiger partial charge >= 0.3 is 7.12 Å². The van der Waals surface area contributed by atoms with E-state index < -0.39 is 30.3 Å². The lowest BCUT2D eigenvalue weighted by molar-refractivity contribution is -0.125. The minimum Gasteiger partial charge on any atom is -0.423 e.